The van der Waals surface area contributed by atoms with Crippen molar-refractivity contribution >= 4 is 5.90 Å². The van der Waals surface area contributed by atoms with E-state index in [4.69, 9.17) is 4.74 Å². The molecule has 96 valence electrons. The maximum Gasteiger partial charge on any atom is 0.188 e. The van der Waals surface area contributed by atoms with Gasteiger partial charge in [-0.1, -0.05) is 24.3 Å². The average molecular weight is 245 g/mol. The molecule has 3 unspecified atom stereocenters. The number of nitrogens with zero attached hydrogens (tertiary/aromatic N) is 1. The summed E-state index contributed by atoms with van der Waals surface area (Å²) in [7, 11) is 0. The van der Waals surface area contributed by atoms with Gasteiger partial charge in [0.05, 0.1) is 12.1 Å². The van der Waals surface area contributed by atoms with Gasteiger partial charge in [0.15, 0.2) is 5.90 Å². The van der Waals surface area contributed by atoms with Gasteiger partial charge < -0.3 is 9.84 Å². The zero-order chi connectivity index (χ0) is 12.5. The zero-order valence-electron chi connectivity index (χ0n) is 10.7. The Morgan fingerprint density at radius 2 is 2.17 bits per heavy atom. The Morgan fingerprint density at radius 1 is 1.33 bits per heavy atom. The van der Waals surface area contributed by atoms with Gasteiger partial charge in [-0.15, -0.1) is 0 Å². The van der Waals surface area contributed by atoms with Gasteiger partial charge in [0.1, 0.15) is 6.10 Å². The third-order valence-corrected chi connectivity index (χ3v) is 3.93. The molecule has 18 heavy (non-hydrogen) atoms. The maximum atomic E-state index is 9.65. The number of fused-ring (bicyclic) bond motifs is 1. The van der Waals surface area contributed by atoms with Gasteiger partial charge in [0, 0.05) is 6.42 Å². The molecular formula is C15H19NO2. The second kappa shape index (κ2) is 4.73. The molecule has 0 aromatic heterocycles. The topological polar surface area (TPSA) is 41.8 Å². The Kier molecular flexibility index (Phi) is 3.08. The van der Waals surface area contributed by atoms with Gasteiger partial charge >= 0.3 is 0 Å². The second-order valence-corrected chi connectivity index (χ2v) is 5.32. The lowest BCUT2D eigenvalue weighted by Crippen LogP contribution is -2.33. The quantitative estimate of drug-likeness (QED) is 0.868. The average Bonchev–Trinajstić information content (AvgIpc) is 2.73. The van der Waals surface area contributed by atoms with Crippen LogP contribution in [0, 0.1) is 6.92 Å². The Bertz CT molecular complexity index is 469. The molecule has 0 radical (unpaired) electrons. The van der Waals surface area contributed by atoms with Crippen LogP contribution in [0.3, 0.4) is 0 Å². The fraction of sp³-hybridized carbons (Fsp3) is 0.533. The Labute approximate surface area is 108 Å². The monoisotopic (exact) mass is 245 g/mol. The van der Waals surface area contributed by atoms with E-state index in [-0.39, 0.29) is 18.2 Å². The van der Waals surface area contributed by atoms with Crippen molar-refractivity contribution in [2.45, 2.75) is 50.9 Å². The van der Waals surface area contributed by atoms with Crippen molar-refractivity contribution in [2.24, 2.45) is 4.99 Å². The van der Waals surface area contributed by atoms with E-state index in [0.717, 1.165) is 31.6 Å². The lowest BCUT2D eigenvalue weighted by Gasteiger charge is -2.26. The number of ether oxygens (including phenoxy) is 1. The van der Waals surface area contributed by atoms with Crippen molar-refractivity contribution < 1.29 is 9.84 Å². The molecular weight excluding hydrogens is 226 g/mol. The molecule has 1 aromatic carbocycles. The molecule has 3 heteroatoms. The SMILES string of the molecule is Cc1ccccc1CC1=NC2CC(O)CCC2O1. The Morgan fingerprint density at radius 3 is 3.00 bits per heavy atom. The number of hydrogen-bond acceptors (Lipinski definition) is 3. The molecule has 3 rings (SSSR count). The number of benzene rings is 1. The van der Waals surface area contributed by atoms with Crippen molar-refractivity contribution in [1.82, 2.24) is 0 Å². The van der Waals surface area contributed by atoms with Crippen LogP contribution in [0.15, 0.2) is 29.3 Å². The molecule has 0 amide bonds. The van der Waals surface area contributed by atoms with Gasteiger partial charge in [-0.25, -0.2) is 4.99 Å². The molecule has 3 nitrogen and oxygen atoms in total. The lowest BCUT2D eigenvalue weighted by molar-refractivity contribution is 0.0616. The van der Waals surface area contributed by atoms with E-state index >= 15 is 0 Å². The van der Waals surface area contributed by atoms with E-state index in [9.17, 15) is 5.11 Å². The summed E-state index contributed by atoms with van der Waals surface area (Å²) >= 11 is 0. The minimum atomic E-state index is -0.198. The molecule has 1 N–H and O–H groups in total. The molecule has 1 saturated carbocycles. The highest BCUT2D eigenvalue weighted by Gasteiger charge is 2.36. The fourth-order valence-corrected chi connectivity index (χ4v) is 2.82. The van der Waals surface area contributed by atoms with Crippen molar-refractivity contribution in [3.05, 3.63) is 35.4 Å². The minimum Gasteiger partial charge on any atom is -0.475 e. The third-order valence-electron chi connectivity index (χ3n) is 3.93. The predicted octanol–water partition coefficient (Wildman–Crippen LogP) is 2.25. The molecule has 1 fully saturated rings. The second-order valence-electron chi connectivity index (χ2n) is 5.32. The smallest absolute Gasteiger partial charge is 0.188 e. The van der Waals surface area contributed by atoms with E-state index in [1.807, 2.05) is 6.07 Å². The summed E-state index contributed by atoms with van der Waals surface area (Å²) in [6.07, 6.45) is 3.29. The number of aryl methyl sites for hydroxylation is 1. The van der Waals surface area contributed by atoms with Crippen molar-refractivity contribution in [3.63, 3.8) is 0 Å². The maximum absolute atomic E-state index is 9.65. The highest BCUT2D eigenvalue weighted by atomic mass is 16.5. The summed E-state index contributed by atoms with van der Waals surface area (Å²) in [5, 5.41) is 9.65. The number of aliphatic imine (C=N–C) groups is 1. The van der Waals surface area contributed by atoms with E-state index in [1.165, 1.54) is 11.1 Å². The summed E-state index contributed by atoms with van der Waals surface area (Å²) in [4.78, 5) is 4.63. The zero-order valence-corrected chi connectivity index (χ0v) is 10.7. The first-order valence-electron chi connectivity index (χ1n) is 6.68. The van der Waals surface area contributed by atoms with Gasteiger partial charge in [0.2, 0.25) is 0 Å². The molecule has 1 aromatic rings. The first-order chi connectivity index (χ1) is 8.72. The highest BCUT2D eigenvalue weighted by Crippen LogP contribution is 2.29. The summed E-state index contributed by atoms with van der Waals surface area (Å²) < 4.78 is 5.91. The van der Waals surface area contributed by atoms with Gasteiger partial charge in [-0.2, -0.15) is 0 Å². The summed E-state index contributed by atoms with van der Waals surface area (Å²) in [6.45, 7) is 2.11. The van der Waals surface area contributed by atoms with Crippen LogP contribution >= 0.6 is 0 Å². The third kappa shape index (κ3) is 2.27. The molecule has 1 aliphatic carbocycles. The first kappa shape index (κ1) is 11.7. The number of aliphatic hydroxyl groups is 1. The molecule has 1 aliphatic heterocycles. The van der Waals surface area contributed by atoms with Crippen molar-refractivity contribution in [1.29, 1.82) is 0 Å². The number of aliphatic hydroxyl groups excluding tert-OH is 1. The summed E-state index contributed by atoms with van der Waals surface area (Å²) in [5.74, 6) is 0.841. The van der Waals surface area contributed by atoms with Crippen LogP contribution in [-0.4, -0.2) is 29.3 Å². The van der Waals surface area contributed by atoms with E-state index in [0.29, 0.717) is 0 Å². The molecule has 1 heterocycles. The Hall–Kier alpha value is -1.35. The molecule has 3 atom stereocenters. The van der Waals surface area contributed by atoms with Crippen LogP contribution < -0.4 is 0 Å². The standard InChI is InChI=1S/C15H19NO2/c1-10-4-2-3-5-11(10)8-15-16-13-9-12(17)6-7-14(13)18-15/h2-5,12-14,17H,6-9H2,1H3. The van der Waals surface area contributed by atoms with Crippen LogP contribution in [-0.2, 0) is 11.2 Å². The van der Waals surface area contributed by atoms with Crippen LogP contribution in [0.1, 0.15) is 30.4 Å². The molecule has 2 aliphatic rings. The minimum absolute atomic E-state index is 0.174. The fourth-order valence-electron chi connectivity index (χ4n) is 2.82. The van der Waals surface area contributed by atoms with Crippen molar-refractivity contribution in [2.75, 3.05) is 0 Å². The summed E-state index contributed by atoms with van der Waals surface area (Å²) in [5.41, 5.74) is 2.55. The van der Waals surface area contributed by atoms with Crippen LogP contribution in [0.25, 0.3) is 0 Å². The largest absolute Gasteiger partial charge is 0.475 e. The van der Waals surface area contributed by atoms with Crippen LogP contribution in [0.5, 0.6) is 0 Å². The van der Waals surface area contributed by atoms with E-state index in [1.54, 1.807) is 0 Å². The number of hydrogen-bond donors (Lipinski definition) is 1. The first-order valence-corrected chi connectivity index (χ1v) is 6.68. The lowest BCUT2D eigenvalue weighted by atomic mass is 9.91. The van der Waals surface area contributed by atoms with Gasteiger partial charge in [-0.3, -0.25) is 0 Å². The predicted molar refractivity (Wildman–Crippen MR) is 70.8 cm³/mol. The number of rotatable bonds is 2. The van der Waals surface area contributed by atoms with Crippen molar-refractivity contribution in [3.8, 4) is 0 Å². The molecule has 0 saturated heterocycles. The van der Waals surface area contributed by atoms with E-state index < -0.39 is 0 Å². The van der Waals surface area contributed by atoms with Gasteiger partial charge in [0.25, 0.3) is 0 Å². The van der Waals surface area contributed by atoms with Crippen LogP contribution in [0.4, 0.5) is 0 Å². The highest BCUT2D eigenvalue weighted by molar-refractivity contribution is 5.81. The Balaban J connectivity index is 1.72. The normalized spacial score (nSPS) is 30.6. The van der Waals surface area contributed by atoms with E-state index in [2.05, 4.69) is 30.1 Å². The van der Waals surface area contributed by atoms with Gasteiger partial charge in [-0.05, 0) is 37.3 Å². The molecule has 0 spiro atoms. The van der Waals surface area contributed by atoms with Crippen LogP contribution in [0.2, 0.25) is 0 Å². The summed E-state index contributed by atoms with van der Waals surface area (Å²) in [6, 6.07) is 8.51. The molecule has 0 bridgehead atoms.